The first-order chi connectivity index (χ1) is 11.9. The van der Waals surface area contributed by atoms with E-state index in [0.29, 0.717) is 17.7 Å². The number of carbonyl (C=O) groups is 3. The van der Waals surface area contributed by atoms with E-state index >= 15 is 0 Å². The molecule has 1 unspecified atom stereocenters. The second kappa shape index (κ2) is 6.84. The van der Waals surface area contributed by atoms with Gasteiger partial charge in [0.2, 0.25) is 0 Å². The van der Waals surface area contributed by atoms with Gasteiger partial charge in [0, 0.05) is 25.7 Å². The van der Waals surface area contributed by atoms with Crippen LogP contribution in [0.5, 0.6) is 0 Å². The van der Waals surface area contributed by atoms with Gasteiger partial charge in [-0.3, -0.25) is 14.9 Å². The molecular formula is C18H24N4O3. The van der Waals surface area contributed by atoms with Crippen molar-refractivity contribution < 1.29 is 14.4 Å². The molecule has 0 radical (unpaired) electrons. The van der Waals surface area contributed by atoms with Crippen molar-refractivity contribution in [1.29, 1.82) is 0 Å². The van der Waals surface area contributed by atoms with E-state index in [4.69, 9.17) is 0 Å². The van der Waals surface area contributed by atoms with Crippen molar-refractivity contribution in [3.8, 4) is 0 Å². The lowest BCUT2D eigenvalue weighted by atomic mass is 9.91. The van der Waals surface area contributed by atoms with Crippen LogP contribution in [0.4, 0.5) is 4.79 Å². The Morgan fingerprint density at radius 1 is 1.28 bits per heavy atom. The highest BCUT2D eigenvalue weighted by Gasteiger charge is 2.43. The molecule has 1 aromatic carbocycles. The van der Waals surface area contributed by atoms with Gasteiger partial charge < -0.3 is 15.1 Å². The predicted molar refractivity (Wildman–Crippen MR) is 93.1 cm³/mol. The number of hydrogen-bond donors (Lipinski definition) is 2. The Bertz CT molecular complexity index is 699. The maximum absolute atomic E-state index is 12.7. The minimum absolute atomic E-state index is 0.0885. The Morgan fingerprint density at radius 3 is 2.64 bits per heavy atom. The van der Waals surface area contributed by atoms with Crippen LogP contribution in [0, 0.1) is 0 Å². The quantitative estimate of drug-likeness (QED) is 0.778. The second-order valence-corrected chi connectivity index (χ2v) is 6.89. The summed E-state index contributed by atoms with van der Waals surface area (Å²) in [5, 5.41) is 4.86. The minimum Gasteiger partial charge on any atom is -0.340 e. The van der Waals surface area contributed by atoms with Crippen LogP contribution in [0.1, 0.15) is 35.7 Å². The number of nitrogens with one attached hydrogen (secondary N) is 2. The number of nitrogens with zero attached hydrogens (tertiary/aromatic N) is 2. The van der Waals surface area contributed by atoms with E-state index in [9.17, 15) is 14.4 Å². The summed E-state index contributed by atoms with van der Waals surface area (Å²) in [5.74, 6) is -0.501. The third kappa shape index (κ3) is 3.51. The third-order valence-corrected chi connectivity index (χ3v) is 5.03. The van der Waals surface area contributed by atoms with Crippen molar-refractivity contribution in [1.82, 2.24) is 20.4 Å². The molecule has 25 heavy (non-hydrogen) atoms. The minimum atomic E-state index is -1.15. The molecule has 2 saturated heterocycles. The van der Waals surface area contributed by atoms with Crippen molar-refractivity contribution in [2.45, 2.75) is 25.3 Å². The fourth-order valence-electron chi connectivity index (χ4n) is 3.33. The van der Waals surface area contributed by atoms with Crippen molar-refractivity contribution in [3.63, 3.8) is 0 Å². The number of likely N-dealkylation sites (tertiary alicyclic amines) is 1. The number of carbonyl (C=O) groups excluding carboxylic acids is 3. The third-order valence-electron chi connectivity index (χ3n) is 5.03. The molecule has 134 valence electrons. The van der Waals surface area contributed by atoms with Gasteiger partial charge in [0.15, 0.2) is 0 Å². The average Bonchev–Trinajstić information content (AvgIpc) is 3.20. The molecule has 0 aromatic heterocycles. The van der Waals surface area contributed by atoms with E-state index in [1.807, 2.05) is 0 Å². The molecule has 2 heterocycles. The summed E-state index contributed by atoms with van der Waals surface area (Å²) in [7, 11) is 1.79. The highest BCUT2D eigenvalue weighted by Crippen LogP contribution is 2.25. The first-order valence-electron chi connectivity index (χ1n) is 8.62. The van der Waals surface area contributed by atoms with E-state index in [2.05, 4.69) is 15.5 Å². The van der Waals surface area contributed by atoms with E-state index < -0.39 is 17.5 Å². The summed E-state index contributed by atoms with van der Waals surface area (Å²) in [6.45, 7) is 5.37. The Balaban J connectivity index is 1.71. The zero-order chi connectivity index (χ0) is 18.0. The number of benzene rings is 1. The molecule has 7 heteroatoms. The summed E-state index contributed by atoms with van der Waals surface area (Å²) in [4.78, 5) is 40.3. The van der Waals surface area contributed by atoms with Crippen LogP contribution < -0.4 is 10.6 Å². The van der Waals surface area contributed by atoms with E-state index in [1.54, 1.807) is 43.1 Å². The lowest BCUT2D eigenvalue weighted by Crippen LogP contribution is -2.41. The zero-order valence-corrected chi connectivity index (χ0v) is 14.7. The fraction of sp³-hybridized carbons (Fsp3) is 0.500. The molecule has 2 fully saturated rings. The molecule has 4 amide bonds. The predicted octanol–water partition coefficient (Wildman–Crippen LogP) is 0.909. The van der Waals surface area contributed by atoms with Gasteiger partial charge in [0.25, 0.3) is 11.8 Å². The number of imide groups is 1. The van der Waals surface area contributed by atoms with Crippen LogP contribution in [0.15, 0.2) is 24.3 Å². The van der Waals surface area contributed by atoms with Crippen LogP contribution >= 0.6 is 0 Å². The molecule has 2 aliphatic heterocycles. The summed E-state index contributed by atoms with van der Waals surface area (Å²) in [5.41, 5.74) is -0.0483. The van der Waals surface area contributed by atoms with Gasteiger partial charge in [0.05, 0.1) is 0 Å². The van der Waals surface area contributed by atoms with E-state index in [1.165, 1.54) is 12.8 Å². The highest BCUT2D eigenvalue weighted by atomic mass is 16.2. The Hall–Kier alpha value is -2.41. The smallest absolute Gasteiger partial charge is 0.322 e. The van der Waals surface area contributed by atoms with Crippen LogP contribution in [0.3, 0.4) is 0 Å². The summed E-state index contributed by atoms with van der Waals surface area (Å²) in [6.07, 6.45) is 2.46. The lowest BCUT2D eigenvalue weighted by Gasteiger charge is -2.24. The van der Waals surface area contributed by atoms with Crippen LogP contribution in [-0.2, 0) is 10.3 Å². The maximum Gasteiger partial charge on any atom is 0.322 e. The molecule has 1 aromatic rings. The van der Waals surface area contributed by atoms with Gasteiger partial charge >= 0.3 is 6.03 Å². The number of rotatable bonds is 5. The average molecular weight is 344 g/mol. The summed E-state index contributed by atoms with van der Waals surface area (Å²) in [6, 6.07) is 6.37. The maximum atomic E-state index is 12.7. The van der Waals surface area contributed by atoms with E-state index in [0.717, 1.165) is 19.6 Å². The van der Waals surface area contributed by atoms with Gasteiger partial charge in [-0.2, -0.15) is 0 Å². The van der Waals surface area contributed by atoms with Crippen molar-refractivity contribution in [2.24, 2.45) is 0 Å². The number of hydrogen-bond acceptors (Lipinski definition) is 4. The topological polar surface area (TPSA) is 81.8 Å². The molecule has 2 aliphatic rings. The van der Waals surface area contributed by atoms with Gasteiger partial charge in [-0.25, -0.2) is 4.79 Å². The van der Waals surface area contributed by atoms with Crippen molar-refractivity contribution in [2.75, 3.05) is 33.2 Å². The van der Waals surface area contributed by atoms with Crippen molar-refractivity contribution in [3.05, 3.63) is 35.4 Å². The summed E-state index contributed by atoms with van der Waals surface area (Å²) < 4.78 is 0. The molecular weight excluding hydrogens is 320 g/mol. The van der Waals surface area contributed by atoms with Crippen LogP contribution in [0.2, 0.25) is 0 Å². The molecule has 0 spiro atoms. The normalized spacial score (nSPS) is 23.4. The molecule has 1 atom stereocenters. The lowest BCUT2D eigenvalue weighted by molar-refractivity contribution is -0.123. The molecule has 7 nitrogen and oxygen atoms in total. The standard InChI is InChI=1S/C18H24N4O3/c1-18(16(24)19-17(25)20-18)14-7-5-6-13(12-14)15(23)21(2)10-11-22-8-3-4-9-22/h5-7,12H,3-4,8-11H2,1-2H3,(H2,19,20,24,25). The fourth-order valence-corrected chi connectivity index (χ4v) is 3.33. The second-order valence-electron chi connectivity index (χ2n) is 6.89. The summed E-state index contributed by atoms with van der Waals surface area (Å²) >= 11 is 0. The Kier molecular flexibility index (Phi) is 4.76. The SMILES string of the molecule is CN(CCN1CCCC1)C(=O)c1cccc(C2(C)NC(=O)NC2=O)c1. The van der Waals surface area contributed by atoms with Gasteiger partial charge in [-0.1, -0.05) is 12.1 Å². The highest BCUT2D eigenvalue weighted by molar-refractivity contribution is 6.07. The van der Waals surface area contributed by atoms with Crippen LogP contribution in [0.25, 0.3) is 0 Å². The molecule has 0 bridgehead atoms. The number of likely N-dealkylation sites (N-methyl/N-ethyl adjacent to an activating group) is 1. The molecule has 0 aliphatic carbocycles. The Labute approximate surface area is 147 Å². The Morgan fingerprint density at radius 2 is 2.00 bits per heavy atom. The van der Waals surface area contributed by atoms with Gasteiger partial charge in [0.1, 0.15) is 5.54 Å². The number of urea groups is 1. The van der Waals surface area contributed by atoms with Crippen molar-refractivity contribution >= 4 is 17.8 Å². The van der Waals surface area contributed by atoms with E-state index in [-0.39, 0.29) is 5.91 Å². The monoisotopic (exact) mass is 344 g/mol. The zero-order valence-electron chi connectivity index (χ0n) is 14.7. The van der Waals surface area contributed by atoms with Crippen LogP contribution in [-0.4, -0.2) is 60.9 Å². The largest absolute Gasteiger partial charge is 0.340 e. The van der Waals surface area contributed by atoms with Gasteiger partial charge in [-0.05, 0) is 50.6 Å². The number of amides is 4. The van der Waals surface area contributed by atoms with Gasteiger partial charge in [-0.15, -0.1) is 0 Å². The first kappa shape index (κ1) is 17.4. The molecule has 3 rings (SSSR count). The molecule has 2 N–H and O–H groups in total. The molecule has 0 saturated carbocycles. The first-order valence-corrected chi connectivity index (χ1v) is 8.62.